The molecule has 1 fully saturated rings. The van der Waals surface area contributed by atoms with Crippen LogP contribution < -0.4 is 4.72 Å². The molecule has 1 saturated carbocycles. The van der Waals surface area contributed by atoms with E-state index in [4.69, 9.17) is 4.42 Å². The highest BCUT2D eigenvalue weighted by Crippen LogP contribution is 2.37. The molecule has 1 aromatic carbocycles. The Labute approximate surface area is 162 Å². The molecule has 0 spiro atoms. The molecule has 0 aliphatic heterocycles. The Morgan fingerprint density at radius 2 is 2.07 bits per heavy atom. The van der Waals surface area contributed by atoms with Crippen LogP contribution in [0.25, 0.3) is 11.6 Å². The van der Waals surface area contributed by atoms with Gasteiger partial charge in [-0.3, -0.25) is 0 Å². The number of H-pyrrole nitrogens is 1. The van der Waals surface area contributed by atoms with Gasteiger partial charge in [0.15, 0.2) is 0 Å². The average Bonchev–Trinajstić information content (AvgIpc) is 3.16. The molecule has 2 aromatic heterocycles. The van der Waals surface area contributed by atoms with Crippen LogP contribution in [0.4, 0.5) is 4.39 Å². The summed E-state index contributed by atoms with van der Waals surface area (Å²) in [6.07, 6.45) is 3.23. The maximum atomic E-state index is 13.3. The first-order chi connectivity index (χ1) is 13.3. The molecule has 2 N–H and O–H groups in total. The van der Waals surface area contributed by atoms with Gasteiger partial charge in [0.2, 0.25) is 15.9 Å². The number of hydrogen-bond acceptors (Lipinski definition) is 5. The lowest BCUT2D eigenvalue weighted by Crippen LogP contribution is -2.24. The van der Waals surface area contributed by atoms with E-state index in [1.165, 1.54) is 12.1 Å². The van der Waals surface area contributed by atoms with Gasteiger partial charge in [0.05, 0.1) is 0 Å². The Balaban J connectivity index is 1.60. The lowest BCUT2D eigenvalue weighted by molar-refractivity contribution is 0.338. The third kappa shape index (κ3) is 3.47. The van der Waals surface area contributed by atoms with Gasteiger partial charge in [-0.1, -0.05) is 18.6 Å². The number of nitrogens with one attached hydrogen (secondary N) is 2. The maximum absolute atomic E-state index is 13.3. The first-order valence-corrected chi connectivity index (χ1v) is 10.6. The molecule has 0 saturated heterocycles. The summed E-state index contributed by atoms with van der Waals surface area (Å²) in [7, 11) is -3.82. The Kier molecular flexibility index (Phi) is 4.80. The molecule has 1 aliphatic carbocycles. The van der Waals surface area contributed by atoms with Gasteiger partial charge in [-0.15, -0.1) is 10.2 Å². The fourth-order valence-electron chi connectivity index (χ4n) is 3.40. The van der Waals surface area contributed by atoms with Crippen molar-refractivity contribution in [3.8, 4) is 11.6 Å². The minimum atomic E-state index is -3.82. The summed E-state index contributed by atoms with van der Waals surface area (Å²) in [5, 5.41) is 8.19. The summed E-state index contributed by atoms with van der Waals surface area (Å²) in [6, 6.07) is 5.81. The number of rotatable bonds is 6. The number of nitrogens with zero attached hydrogens (tertiary/aromatic N) is 2. The summed E-state index contributed by atoms with van der Waals surface area (Å²) in [5.41, 5.74) is 2.02. The Morgan fingerprint density at radius 3 is 2.75 bits per heavy atom. The van der Waals surface area contributed by atoms with Crippen molar-refractivity contribution >= 4 is 10.0 Å². The number of benzene rings is 1. The minimum absolute atomic E-state index is 0.00806. The number of sulfonamides is 1. The first kappa shape index (κ1) is 18.8. The third-order valence-corrected chi connectivity index (χ3v) is 6.78. The Bertz CT molecular complexity index is 1120. The van der Waals surface area contributed by atoms with E-state index in [0.717, 1.165) is 19.3 Å². The second-order valence-corrected chi connectivity index (χ2v) is 8.81. The highest BCUT2D eigenvalue weighted by Gasteiger charge is 2.29. The highest BCUT2D eigenvalue weighted by atomic mass is 32.2. The monoisotopic (exact) mass is 404 g/mol. The number of aromatic nitrogens is 3. The third-order valence-electron chi connectivity index (χ3n) is 5.10. The number of hydrogen-bond donors (Lipinski definition) is 2. The predicted octanol–water partition coefficient (Wildman–Crippen LogP) is 3.57. The molecule has 148 valence electrons. The summed E-state index contributed by atoms with van der Waals surface area (Å²) >= 11 is 0. The van der Waals surface area contributed by atoms with E-state index in [1.807, 2.05) is 0 Å². The van der Waals surface area contributed by atoms with E-state index in [2.05, 4.69) is 19.9 Å². The lowest BCUT2D eigenvalue weighted by Gasteiger charge is -2.20. The fourth-order valence-corrected chi connectivity index (χ4v) is 4.86. The Hall–Kier alpha value is -2.52. The number of aromatic amines is 1. The normalized spacial score (nSPS) is 15.0. The van der Waals surface area contributed by atoms with E-state index in [0.29, 0.717) is 34.3 Å². The van der Waals surface area contributed by atoms with Crippen LogP contribution in [-0.4, -0.2) is 23.6 Å². The molecule has 1 aliphatic rings. The van der Waals surface area contributed by atoms with Crippen molar-refractivity contribution in [2.75, 3.05) is 0 Å². The predicted molar refractivity (Wildman–Crippen MR) is 101 cm³/mol. The molecule has 0 unspecified atom stereocenters. The van der Waals surface area contributed by atoms with Crippen molar-refractivity contribution in [3.05, 3.63) is 52.8 Å². The van der Waals surface area contributed by atoms with Gasteiger partial charge >= 0.3 is 0 Å². The summed E-state index contributed by atoms with van der Waals surface area (Å²) in [4.78, 5) is 3.20. The van der Waals surface area contributed by atoms with Crippen molar-refractivity contribution in [2.45, 2.75) is 50.5 Å². The van der Waals surface area contributed by atoms with Crippen LogP contribution in [0.2, 0.25) is 0 Å². The van der Waals surface area contributed by atoms with Crippen LogP contribution in [0.5, 0.6) is 0 Å². The second-order valence-electron chi connectivity index (χ2n) is 7.11. The lowest BCUT2D eigenvalue weighted by atomic mass is 9.85. The minimum Gasteiger partial charge on any atom is -0.419 e. The molecule has 0 atom stereocenters. The fraction of sp³-hybridized carbons (Fsp3) is 0.368. The van der Waals surface area contributed by atoms with E-state index in [1.54, 1.807) is 26.0 Å². The largest absolute Gasteiger partial charge is 0.419 e. The standard InChI is InChI=1S/C19H21FN4O3S/c1-11-16(19-24-23-18(27-19)14-6-4-7-14)22-12(2)17(11)28(25,26)21-10-13-5-3-8-15(20)9-13/h3,5,8-9,14,21-22H,4,6-7,10H2,1-2H3. The molecule has 0 bridgehead atoms. The van der Waals surface area contributed by atoms with Crippen LogP contribution in [0, 0.1) is 19.7 Å². The van der Waals surface area contributed by atoms with Crippen LogP contribution in [0.15, 0.2) is 33.6 Å². The molecule has 9 heteroatoms. The zero-order valence-electron chi connectivity index (χ0n) is 15.6. The molecule has 28 heavy (non-hydrogen) atoms. The van der Waals surface area contributed by atoms with Crippen LogP contribution in [0.3, 0.4) is 0 Å². The number of aryl methyl sites for hydroxylation is 1. The van der Waals surface area contributed by atoms with E-state index >= 15 is 0 Å². The molecule has 0 amide bonds. The van der Waals surface area contributed by atoms with E-state index in [9.17, 15) is 12.8 Å². The first-order valence-electron chi connectivity index (χ1n) is 9.12. The van der Waals surface area contributed by atoms with Gasteiger partial charge < -0.3 is 9.40 Å². The van der Waals surface area contributed by atoms with Gasteiger partial charge in [-0.2, -0.15) is 0 Å². The van der Waals surface area contributed by atoms with Gasteiger partial charge in [-0.25, -0.2) is 17.5 Å². The molecule has 4 rings (SSSR count). The molecule has 7 nitrogen and oxygen atoms in total. The van der Waals surface area contributed by atoms with Crippen molar-refractivity contribution in [3.63, 3.8) is 0 Å². The zero-order valence-corrected chi connectivity index (χ0v) is 16.4. The summed E-state index contributed by atoms with van der Waals surface area (Å²) < 4.78 is 47.3. The van der Waals surface area contributed by atoms with Crippen molar-refractivity contribution in [1.29, 1.82) is 0 Å². The SMILES string of the molecule is Cc1[nH]c(-c2nnc(C3CCC3)o2)c(C)c1S(=O)(=O)NCc1cccc(F)c1. The quantitative estimate of drug-likeness (QED) is 0.654. The molecule has 3 aromatic rings. The van der Waals surface area contributed by atoms with Crippen LogP contribution in [-0.2, 0) is 16.6 Å². The molecule has 2 heterocycles. The summed E-state index contributed by atoms with van der Waals surface area (Å²) in [5.74, 6) is 0.774. The van der Waals surface area contributed by atoms with Gasteiger partial charge in [0.1, 0.15) is 16.4 Å². The van der Waals surface area contributed by atoms with E-state index in [-0.39, 0.29) is 17.3 Å². The maximum Gasteiger partial charge on any atom is 0.264 e. The van der Waals surface area contributed by atoms with Crippen molar-refractivity contribution < 1.29 is 17.2 Å². The highest BCUT2D eigenvalue weighted by molar-refractivity contribution is 7.89. The molecule has 0 radical (unpaired) electrons. The topological polar surface area (TPSA) is 101 Å². The average molecular weight is 404 g/mol. The van der Waals surface area contributed by atoms with E-state index < -0.39 is 15.8 Å². The van der Waals surface area contributed by atoms with Crippen molar-refractivity contribution in [2.24, 2.45) is 0 Å². The van der Waals surface area contributed by atoms with Crippen LogP contribution in [0.1, 0.15) is 47.9 Å². The van der Waals surface area contributed by atoms with Gasteiger partial charge in [0, 0.05) is 18.2 Å². The smallest absolute Gasteiger partial charge is 0.264 e. The molecular formula is C19H21FN4O3S. The zero-order chi connectivity index (χ0) is 19.9. The number of halogens is 1. The van der Waals surface area contributed by atoms with Gasteiger partial charge in [0.25, 0.3) is 5.89 Å². The Morgan fingerprint density at radius 1 is 1.29 bits per heavy atom. The van der Waals surface area contributed by atoms with Gasteiger partial charge in [-0.05, 0) is 49.9 Å². The molecular weight excluding hydrogens is 383 g/mol. The van der Waals surface area contributed by atoms with Crippen LogP contribution >= 0.6 is 0 Å². The summed E-state index contributed by atoms with van der Waals surface area (Å²) in [6.45, 7) is 3.37. The van der Waals surface area contributed by atoms with Crippen molar-refractivity contribution in [1.82, 2.24) is 19.9 Å². The second kappa shape index (κ2) is 7.14.